The average Bonchev–Trinajstić information content (AvgIpc) is 3.45. The van der Waals surface area contributed by atoms with Crippen LogP contribution in [0, 0.1) is 27.7 Å². The van der Waals surface area contributed by atoms with E-state index in [0.717, 1.165) is 68.2 Å². The molecule has 0 heterocycles. The normalized spacial score (nSPS) is 12.1. The maximum atomic E-state index is 2.51. The average molecular weight is 1070 g/mol. The van der Waals surface area contributed by atoms with Crippen LogP contribution in [0.1, 0.15) is 47.2 Å². The summed E-state index contributed by atoms with van der Waals surface area (Å²) in [4.78, 5) is 9.69. The van der Waals surface area contributed by atoms with Gasteiger partial charge in [-0.2, -0.15) is 0 Å². The smallest absolute Gasteiger partial charge is 0.0518 e. The summed E-state index contributed by atoms with van der Waals surface area (Å²) >= 11 is 0. The number of benzene rings is 12. The summed E-state index contributed by atoms with van der Waals surface area (Å²) in [6.07, 6.45) is 0. The third-order valence-corrected chi connectivity index (χ3v) is 16.9. The summed E-state index contributed by atoms with van der Waals surface area (Å²) < 4.78 is 0. The Morgan fingerprint density at radius 3 is 0.614 bits per heavy atom. The Labute approximate surface area is 490 Å². The molecular weight excluding hydrogens is 1000 g/mol. The second-order valence-corrected chi connectivity index (χ2v) is 22.3. The van der Waals surface area contributed by atoms with Gasteiger partial charge in [0.2, 0.25) is 0 Å². The molecule has 0 radical (unpaired) electrons. The van der Waals surface area contributed by atoms with Crippen LogP contribution in [0.5, 0.6) is 0 Å². The third kappa shape index (κ3) is 9.52. The van der Waals surface area contributed by atoms with E-state index in [4.69, 9.17) is 0 Å². The Bertz CT molecular complexity index is 3600. The van der Waals surface area contributed by atoms with Crippen LogP contribution in [0.25, 0.3) is 33.4 Å². The lowest BCUT2D eigenvalue weighted by molar-refractivity contribution is 0.661. The molecule has 0 aromatic heterocycles. The van der Waals surface area contributed by atoms with E-state index in [1.165, 1.54) is 66.8 Å². The lowest BCUT2D eigenvalue weighted by Gasteiger charge is -2.34. The van der Waals surface area contributed by atoms with Gasteiger partial charge in [0.1, 0.15) is 0 Å². The number of nitrogens with zero attached hydrogens (tertiary/aromatic N) is 4. The van der Waals surface area contributed by atoms with Gasteiger partial charge in [-0.1, -0.05) is 184 Å². The largest absolute Gasteiger partial charge is 0.310 e. The lowest BCUT2D eigenvalue weighted by Crippen LogP contribution is -2.17. The molecule has 0 aliphatic heterocycles. The van der Waals surface area contributed by atoms with Gasteiger partial charge in [0, 0.05) is 50.9 Å². The molecule has 83 heavy (non-hydrogen) atoms. The first-order valence-electron chi connectivity index (χ1n) is 28.8. The van der Waals surface area contributed by atoms with Crippen LogP contribution in [0.15, 0.2) is 291 Å². The Morgan fingerprint density at radius 2 is 0.422 bits per heavy atom. The summed E-state index contributed by atoms with van der Waals surface area (Å²) in [5.74, 6) is 0. The van der Waals surface area contributed by atoms with Crippen LogP contribution >= 0.6 is 0 Å². The maximum Gasteiger partial charge on any atom is 0.0518 e. The van der Waals surface area contributed by atoms with E-state index in [0.29, 0.717) is 0 Å². The first kappa shape index (κ1) is 52.2. The van der Waals surface area contributed by atoms with Crippen molar-refractivity contribution in [2.45, 2.75) is 47.0 Å². The van der Waals surface area contributed by atoms with Gasteiger partial charge in [-0.15, -0.1) is 0 Å². The lowest BCUT2D eigenvalue weighted by atomic mass is 9.79. The Balaban J connectivity index is 1.00. The fourth-order valence-electron chi connectivity index (χ4n) is 12.9. The van der Waals surface area contributed by atoms with Gasteiger partial charge in [-0.3, -0.25) is 0 Å². The molecule has 0 bridgehead atoms. The first-order valence-corrected chi connectivity index (χ1v) is 28.8. The van der Waals surface area contributed by atoms with Crippen molar-refractivity contribution in [3.63, 3.8) is 0 Å². The van der Waals surface area contributed by atoms with Crippen molar-refractivity contribution >= 4 is 68.2 Å². The standard InChI is InChI=1S/C79H66N4/c1-55-73(80(61-31-15-7-16-32-61)62-33-17-8-18-34-62)53-74(81(63-35-19-9-20-36-63)64-37-21-10-22-38-64)56(2)77(55)59-47-49-69-70-50-48-60(52-72(70)79(5,6)71(69)51-59)78-57(3)75(82(65-39-23-11-24-40-65)66-41-25-12-26-42-66)54-76(58(78)4)83(67-43-27-13-28-44-67)68-45-29-14-30-46-68/h7-54H,1-6H3. The zero-order valence-electron chi connectivity index (χ0n) is 48.0. The number of fused-ring (bicyclic) bond motifs is 3. The minimum atomic E-state index is -0.346. The van der Waals surface area contributed by atoms with Crippen molar-refractivity contribution in [1.29, 1.82) is 0 Å². The van der Waals surface area contributed by atoms with Crippen LogP contribution in [-0.2, 0) is 5.41 Å². The van der Waals surface area contributed by atoms with Crippen LogP contribution in [0.2, 0.25) is 0 Å². The predicted octanol–water partition coefficient (Wildman–Crippen LogP) is 22.4. The molecule has 1 aliphatic carbocycles. The number of hydrogen-bond acceptors (Lipinski definition) is 4. The molecule has 12 aromatic rings. The van der Waals surface area contributed by atoms with Crippen molar-refractivity contribution in [2.24, 2.45) is 0 Å². The molecule has 0 fully saturated rings. The number of anilines is 12. The van der Waals surface area contributed by atoms with Crippen molar-refractivity contribution in [3.05, 3.63) is 325 Å². The van der Waals surface area contributed by atoms with Crippen molar-refractivity contribution in [3.8, 4) is 33.4 Å². The molecule has 0 unspecified atom stereocenters. The third-order valence-electron chi connectivity index (χ3n) is 16.9. The van der Waals surface area contributed by atoms with Crippen LogP contribution in [-0.4, -0.2) is 0 Å². The van der Waals surface area contributed by atoms with E-state index in [9.17, 15) is 0 Å². The predicted molar refractivity (Wildman–Crippen MR) is 353 cm³/mol. The quantitative estimate of drug-likeness (QED) is 0.108. The highest BCUT2D eigenvalue weighted by Crippen LogP contribution is 2.55. The zero-order valence-corrected chi connectivity index (χ0v) is 48.0. The molecule has 0 N–H and O–H groups in total. The summed E-state index contributed by atoms with van der Waals surface area (Å²) in [6, 6.07) is 106. The second-order valence-electron chi connectivity index (χ2n) is 22.3. The zero-order chi connectivity index (χ0) is 56.6. The fourth-order valence-corrected chi connectivity index (χ4v) is 12.9. The maximum absolute atomic E-state index is 2.51. The monoisotopic (exact) mass is 1070 g/mol. The molecule has 0 saturated carbocycles. The fraction of sp³-hybridized carbons (Fsp3) is 0.0886. The van der Waals surface area contributed by atoms with Gasteiger partial charge in [0.25, 0.3) is 0 Å². The van der Waals surface area contributed by atoms with Gasteiger partial charge in [0.15, 0.2) is 0 Å². The number of hydrogen-bond donors (Lipinski definition) is 0. The molecule has 0 spiro atoms. The van der Waals surface area contributed by atoms with Crippen LogP contribution < -0.4 is 19.6 Å². The Hall–Kier alpha value is -10.2. The van der Waals surface area contributed by atoms with E-state index in [1.807, 2.05) is 0 Å². The van der Waals surface area contributed by atoms with Crippen LogP contribution in [0.4, 0.5) is 68.2 Å². The van der Waals surface area contributed by atoms with E-state index in [2.05, 4.69) is 352 Å². The molecule has 13 rings (SSSR count). The van der Waals surface area contributed by atoms with Crippen molar-refractivity contribution in [1.82, 2.24) is 0 Å². The number of rotatable bonds is 14. The van der Waals surface area contributed by atoms with Gasteiger partial charge < -0.3 is 19.6 Å². The van der Waals surface area contributed by atoms with Gasteiger partial charge in [0.05, 0.1) is 22.7 Å². The minimum absolute atomic E-state index is 0.346. The summed E-state index contributed by atoms with van der Waals surface area (Å²) in [7, 11) is 0. The van der Waals surface area contributed by atoms with E-state index >= 15 is 0 Å². The highest BCUT2D eigenvalue weighted by atomic mass is 15.2. The number of para-hydroxylation sites is 8. The molecule has 0 saturated heterocycles. The summed E-state index contributed by atoms with van der Waals surface area (Å²) in [5, 5.41) is 0. The molecule has 12 aromatic carbocycles. The van der Waals surface area contributed by atoms with Gasteiger partial charge in [-0.25, -0.2) is 0 Å². The second kappa shape index (κ2) is 22.1. The molecule has 4 heteroatoms. The van der Waals surface area contributed by atoms with E-state index in [-0.39, 0.29) is 5.41 Å². The first-order chi connectivity index (χ1) is 40.7. The molecular formula is C79H66N4. The van der Waals surface area contributed by atoms with Gasteiger partial charge in [-0.05, 0) is 216 Å². The van der Waals surface area contributed by atoms with E-state index < -0.39 is 0 Å². The molecule has 0 atom stereocenters. The Kier molecular flexibility index (Phi) is 13.9. The molecule has 4 nitrogen and oxygen atoms in total. The Morgan fingerprint density at radius 1 is 0.229 bits per heavy atom. The summed E-state index contributed by atoms with van der Waals surface area (Å²) in [5.41, 5.74) is 27.7. The highest BCUT2D eigenvalue weighted by molar-refractivity contribution is 5.97. The van der Waals surface area contributed by atoms with Crippen molar-refractivity contribution in [2.75, 3.05) is 19.6 Å². The summed E-state index contributed by atoms with van der Waals surface area (Å²) in [6.45, 7) is 14.1. The van der Waals surface area contributed by atoms with E-state index in [1.54, 1.807) is 0 Å². The SMILES string of the molecule is Cc1c(N(c2ccccc2)c2ccccc2)cc(N(c2ccccc2)c2ccccc2)c(C)c1-c1ccc2c(c1)C(C)(C)c1cc(-c3c(C)c(N(c4ccccc4)c4ccccc4)cc(N(c4ccccc4)c4ccccc4)c3C)ccc1-2. The minimum Gasteiger partial charge on any atom is -0.310 e. The topological polar surface area (TPSA) is 13.0 Å². The van der Waals surface area contributed by atoms with Crippen LogP contribution in [0.3, 0.4) is 0 Å². The molecule has 0 amide bonds. The molecule has 402 valence electrons. The highest BCUT2D eigenvalue weighted by Gasteiger charge is 2.37. The molecule has 1 aliphatic rings. The van der Waals surface area contributed by atoms with Gasteiger partial charge >= 0.3 is 0 Å². The van der Waals surface area contributed by atoms with Crippen molar-refractivity contribution < 1.29 is 0 Å².